The van der Waals surface area contributed by atoms with Gasteiger partial charge in [-0.25, -0.2) is 4.98 Å². The number of amides is 1. The predicted octanol–water partition coefficient (Wildman–Crippen LogP) is 2.55. The van der Waals surface area contributed by atoms with Crippen molar-refractivity contribution in [2.45, 2.75) is 0 Å². The van der Waals surface area contributed by atoms with E-state index in [1.165, 1.54) is 0 Å². The zero-order chi connectivity index (χ0) is 14.1. The summed E-state index contributed by atoms with van der Waals surface area (Å²) in [6.07, 6.45) is 1.63. The van der Waals surface area contributed by atoms with Gasteiger partial charge >= 0.3 is 0 Å². The Morgan fingerprint density at radius 2 is 2.20 bits per heavy atom. The number of aromatic amines is 1. The SMILES string of the molecule is Nc1ccc2[nH]nc(C(=O)Nc3cccnc3Br)c2c1. The number of halogens is 1. The van der Waals surface area contributed by atoms with Crippen molar-refractivity contribution in [1.29, 1.82) is 0 Å². The number of hydrogen-bond donors (Lipinski definition) is 3. The minimum atomic E-state index is -0.324. The lowest BCUT2D eigenvalue weighted by molar-refractivity contribution is 0.102. The molecule has 6 nitrogen and oxygen atoms in total. The maximum atomic E-state index is 12.3. The van der Waals surface area contributed by atoms with Crippen LogP contribution in [0.1, 0.15) is 10.5 Å². The van der Waals surface area contributed by atoms with Gasteiger partial charge in [-0.1, -0.05) is 0 Å². The molecule has 0 spiro atoms. The molecule has 0 saturated carbocycles. The number of aromatic nitrogens is 3. The van der Waals surface area contributed by atoms with Gasteiger partial charge in [-0.15, -0.1) is 0 Å². The van der Waals surface area contributed by atoms with Crippen molar-refractivity contribution in [3.05, 3.63) is 46.8 Å². The summed E-state index contributed by atoms with van der Waals surface area (Å²) in [7, 11) is 0. The number of carbonyl (C=O) groups excluding carboxylic acids is 1. The lowest BCUT2D eigenvalue weighted by Crippen LogP contribution is -2.13. The second-order valence-corrected chi connectivity index (χ2v) is 4.92. The molecule has 0 aliphatic carbocycles. The van der Waals surface area contributed by atoms with Gasteiger partial charge in [0, 0.05) is 17.3 Å². The maximum Gasteiger partial charge on any atom is 0.276 e. The molecule has 100 valence electrons. The molecule has 0 fully saturated rings. The van der Waals surface area contributed by atoms with Crippen LogP contribution in [0, 0.1) is 0 Å². The van der Waals surface area contributed by atoms with Crippen molar-refractivity contribution in [3.8, 4) is 0 Å². The average molecular weight is 332 g/mol. The van der Waals surface area contributed by atoms with Gasteiger partial charge < -0.3 is 11.1 Å². The van der Waals surface area contributed by atoms with Gasteiger partial charge in [0.2, 0.25) is 0 Å². The predicted molar refractivity (Wildman–Crippen MR) is 80.4 cm³/mol. The molecule has 7 heteroatoms. The van der Waals surface area contributed by atoms with Crippen LogP contribution in [0.25, 0.3) is 10.9 Å². The van der Waals surface area contributed by atoms with Crippen LogP contribution in [-0.4, -0.2) is 21.1 Å². The van der Waals surface area contributed by atoms with E-state index >= 15 is 0 Å². The Labute approximate surface area is 122 Å². The van der Waals surface area contributed by atoms with E-state index in [9.17, 15) is 4.79 Å². The number of hydrogen-bond acceptors (Lipinski definition) is 4. The topological polar surface area (TPSA) is 96.7 Å². The van der Waals surface area contributed by atoms with Gasteiger partial charge in [0.25, 0.3) is 5.91 Å². The molecule has 0 aliphatic rings. The summed E-state index contributed by atoms with van der Waals surface area (Å²) in [6.45, 7) is 0. The number of anilines is 2. The van der Waals surface area contributed by atoms with Crippen molar-refractivity contribution >= 4 is 44.1 Å². The highest BCUT2D eigenvalue weighted by Gasteiger charge is 2.15. The number of rotatable bonds is 2. The number of nitrogen functional groups attached to an aromatic ring is 1. The van der Waals surface area contributed by atoms with Gasteiger partial charge in [-0.05, 0) is 46.3 Å². The Bertz CT molecular complexity index is 798. The minimum absolute atomic E-state index is 0.294. The molecule has 0 bridgehead atoms. The number of pyridine rings is 1. The van der Waals surface area contributed by atoms with Gasteiger partial charge in [0.15, 0.2) is 5.69 Å². The van der Waals surface area contributed by atoms with E-state index in [-0.39, 0.29) is 5.91 Å². The molecule has 0 atom stereocenters. The average Bonchev–Trinajstić information content (AvgIpc) is 2.84. The fourth-order valence-corrected chi connectivity index (χ4v) is 2.22. The monoisotopic (exact) mass is 331 g/mol. The van der Waals surface area contributed by atoms with Gasteiger partial charge in [0.1, 0.15) is 4.60 Å². The molecule has 20 heavy (non-hydrogen) atoms. The summed E-state index contributed by atoms with van der Waals surface area (Å²) in [4.78, 5) is 16.3. The Balaban J connectivity index is 1.97. The molecular weight excluding hydrogens is 322 g/mol. The van der Waals surface area contributed by atoms with Crippen LogP contribution in [0.3, 0.4) is 0 Å². The van der Waals surface area contributed by atoms with Crippen molar-refractivity contribution in [3.63, 3.8) is 0 Å². The van der Waals surface area contributed by atoms with E-state index < -0.39 is 0 Å². The van der Waals surface area contributed by atoms with E-state index in [0.717, 1.165) is 5.52 Å². The summed E-state index contributed by atoms with van der Waals surface area (Å²) in [6, 6.07) is 8.74. The maximum absolute atomic E-state index is 12.3. The highest BCUT2D eigenvalue weighted by atomic mass is 79.9. The van der Waals surface area contributed by atoms with Crippen LogP contribution in [0.2, 0.25) is 0 Å². The van der Waals surface area contributed by atoms with Crippen LogP contribution in [-0.2, 0) is 0 Å². The first-order valence-electron chi connectivity index (χ1n) is 5.80. The quantitative estimate of drug-likeness (QED) is 0.496. The van der Waals surface area contributed by atoms with E-state index in [0.29, 0.717) is 27.1 Å². The van der Waals surface area contributed by atoms with Crippen molar-refractivity contribution in [1.82, 2.24) is 15.2 Å². The minimum Gasteiger partial charge on any atom is -0.399 e. The summed E-state index contributed by atoms with van der Waals surface area (Å²) < 4.78 is 0.563. The van der Waals surface area contributed by atoms with Crippen LogP contribution in [0.5, 0.6) is 0 Å². The normalized spacial score (nSPS) is 10.7. The van der Waals surface area contributed by atoms with Crippen LogP contribution < -0.4 is 11.1 Å². The molecule has 3 aromatic rings. The number of benzene rings is 1. The number of nitrogens with one attached hydrogen (secondary N) is 2. The number of nitrogens with two attached hydrogens (primary N) is 1. The first-order valence-corrected chi connectivity index (χ1v) is 6.60. The van der Waals surface area contributed by atoms with Crippen molar-refractivity contribution in [2.24, 2.45) is 0 Å². The Kier molecular flexibility index (Phi) is 3.11. The molecule has 3 rings (SSSR count). The molecule has 2 aromatic heterocycles. The summed E-state index contributed by atoms with van der Waals surface area (Å²) >= 11 is 3.28. The zero-order valence-electron chi connectivity index (χ0n) is 10.2. The molecular formula is C13H10BrN5O. The van der Waals surface area contributed by atoms with E-state index in [4.69, 9.17) is 5.73 Å². The third-order valence-electron chi connectivity index (χ3n) is 2.81. The number of H-pyrrole nitrogens is 1. The number of carbonyl (C=O) groups is 1. The fraction of sp³-hybridized carbons (Fsp3) is 0. The third-order valence-corrected chi connectivity index (χ3v) is 3.44. The Morgan fingerprint density at radius 1 is 1.35 bits per heavy atom. The summed E-state index contributed by atoms with van der Waals surface area (Å²) in [5.74, 6) is -0.324. The highest BCUT2D eigenvalue weighted by molar-refractivity contribution is 9.10. The van der Waals surface area contributed by atoms with Crippen molar-refractivity contribution < 1.29 is 4.79 Å². The molecule has 2 heterocycles. The van der Waals surface area contributed by atoms with Crippen LogP contribution in [0.4, 0.5) is 11.4 Å². The molecule has 0 saturated heterocycles. The zero-order valence-corrected chi connectivity index (χ0v) is 11.8. The third kappa shape index (κ3) is 2.23. The lowest BCUT2D eigenvalue weighted by atomic mass is 10.2. The van der Waals surface area contributed by atoms with Crippen LogP contribution >= 0.6 is 15.9 Å². The van der Waals surface area contributed by atoms with Crippen molar-refractivity contribution in [2.75, 3.05) is 11.1 Å². The fourth-order valence-electron chi connectivity index (χ4n) is 1.87. The van der Waals surface area contributed by atoms with E-state index in [1.54, 1.807) is 36.5 Å². The van der Waals surface area contributed by atoms with E-state index in [2.05, 4.69) is 36.4 Å². The summed E-state index contributed by atoms with van der Waals surface area (Å²) in [5.41, 5.74) is 7.95. The molecule has 0 aliphatic heterocycles. The van der Waals surface area contributed by atoms with Gasteiger partial charge in [-0.3, -0.25) is 9.89 Å². The molecule has 0 radical (unpaired) electrons. The number of fused-ring (bicyclic) bond motifs is 1. The Morgan fingerprint density at radius 3 is 3.00 bits per heavy atom. The largest absolute Gasteiger partial charge is 0.399 e. The second-order valence-electron chi connectivity index (χ2n) is 4.17. The van der Waals surface area contributed by atoms with Gasteiger partial charge in [-0.2, -0.15) is 5.10 Å². The molecule has 0 unspecified atom stereocenters. The first-order chi connectivity index (χ1) is 9.65. The van der Waals surface area contributed by atoms with E-state index in [1.807, 2.05) is 0 Å². The second kappa shape index (κ2) is 4.93. The Hall–Kier alpha value is -2.41. The lowest BCUT2D eigenvalue weighted by Gasteiger charge is -2.04. The molecule has 4 N–H and O–H groups in total. The summed E-state index contributed by atoms with van der Waals surface area (Å²) in [5, 5.41) is 10.3. The standard InChI is InChI=1S/C13H10BrN5O/c14-12-10(2-1-5-16-12)17-13(20)11-8-6-7(15)3-4-9(8)18-19-11/h1-6H,15H2,(H,17,20)(H,18,19). The van der Waals surface area contributed by atoms with Crippen LogP contribution in [0.15, 0.2) is 41.1 Å². The smallest absolute Gasteiger partial charge is 0.276 e. The highest BCUT2D eigenvalue weighted by Crippen LogP contribution is 2.22. The molecule has 1 aromatic carbocycles. The number of nitrogens with zero attached hydrogens (tertiary/aromatic N) is 2. The van der Waals surface area contributed by atoms with Gasteiger partial charge in [0.05, 0.1) is 11.2 Å². The molecule has 1 amide bonds. The first kappa shape index (κ1) is 12.6.